The Hall–Kier alpha value is -3.23. The van der Waals surface area contributed by atoms with Crippen molar-refractivity contribution in [3.8, 4) is 5.75 Å². The number of piperidine rings is 1. The molecule has 152 valence electrons. The van der Waals surface area contributed by atoms with Crippen LogP contribution in [-0.4, -0.2) is 43.8 Å². The van der Waals surface area contributed by atoms with E-state index in [9.17, 15) is 9.18 Å². The largest absolute Gasteiger partial charge is 0.484 e. The molecule has 1 aliphatic heterocycles. The number of rotatable bonds is 6. The summed E-state index contributed by atoms with van der Waals surface area (Å²) in [4.78, 5) is 18.8. The highest BCUT2D eigenvalue weighted by atomic mass is 19.1. The monoisotopic (exact) mass is 399 g/mol. The van der Waals surface area contributed by atoms with E-state index in [0.717, 1.165) is 19.4 Å². The molecule has 0 bridgehead atoms. The summed E-state index contributed by atoms with van der Waals surface area (Å²) in [5, 5.41) is 8.35. The van der Waals surface area contributed by atoms with Gasteiger partial charge in [0, 0.05) is 31.7 Å². The van der Waals surface area contributed by atoms with Crippen molar-refractivity contribution in [3.63, 3.8) is 0 Å². The van der Waals surface area contributed by atoms with Crippen LogP contribution in [0.25, 0.3) is 0 Å². The standard InChI is InChI=1S/C20H22FN5O3/c1-2-26-12-9-17(23-26)20(27)25-10-7-14(8-11-25)19-22-18(29-24-19)13-28-16-5-3-15(21)4-6-16/h3-6,9,12,14H,2,7-8,10-11,13H2,1H3. The van der Waals surface area contributed by atoms with Crippen molar-refractivity contribution in [2.45, 2.75) is 38.8 Å². The third kappa shape index (κ3) is 4.44. The lowest BCUT2D eigenvalue weighted by molar-refractivity contribution is 0.0703. The van der Waals surface area contributed by atoms with Crippen molar-refractivity contribution in [1.82, 2.24) is 24.8 Å². The van der Waals surface area contributed by atoms with Crippen molar-refractivity contribution < 1.29 is 18.4 Å². The van der Waals surface area contributed by atoms with Crippen molar-refractivity contribution in [3.05, 3.63) is 59.8 Å². The highest BCUT2D eigenvalue weighted by Crippen LogP contribution is 2.27. The third-order valence-corrected chi connectivity index (χ3v) is 4.99. The Balaban J connectivity index is 1.29. The van der Waals surface area contributed by atoms with E-state index < -0.39 is 0 Å². The number of halogens is 1. The summed E-state index contributed by atoms with van der Waals surface area (Å²) in [6, 6.07) is 7.50. The van der Waals surface area contributed by atoms with Gasteiger partial charge < -0.3 is 14.2 Å². The normalized spacial score (nSPS) is 14.9. The fourth-order valence-corrected chi connectivity index (χ4v) is 3.32. The molecule has 1 aromatic carbocycles. The predicted octanol–water partition coefficient (Wildman–Crippen LogP) is 3.02. The molecule has 9 heteroatoms. The second-order valence-corrected chi connectivity index (χ2v) is 6.91. The van der Waals surface area contributed by atoms with Gasteiger partial charge in [0.15, 0.2) is 12.4 Å². The molecule has 1 amide bonds. The van der Waals surface area contributed by atoms with E-state index in [1.165, 1.54) is 12.1 Å². The van der Waals surface area contributed by atoms with Crippen LogP contribution in [0.1, 0.15) is 47.9 Å². The molecule has 0 atom stereocenters. The minimum absolute atomic E-state index is 0.0443. The van der Waals surface area contributed by atoms with Gasteiger partial charge in [0.05, 0.1) is 0 Å². The zero-order valence-electron chi connectivity index (χ0n) is 16.1. The lowest BCUT2D eigenvalue weighted by Gasteiger charge is -2.30. The van der Waals surface area contributed by atoms with E-state index in [2.05, 4.69) is 15.2 Å². The first kappa shape index (κ1) is 19.1. The molecule has 29 heavy (non-hydrogen) atoms. The lowest BCUT2D eigenvalue weighted by Crippen LogP contribution is -2.38. The molecular formula is C20H22FN5O3. The maximum atomic E-state index is 12.9. The Morgan fingerprint density at radius 1 is 1.24 bits per heavy atom. The van der Waals surface area contributed by atoms with Crippen LogP contribution in [0.15, 0.2) is 41.1 Å². The fourth-order valence-electron chi connectivity index (χ4n) is 3.32. The number of carbonyl (C=O) groups excluding carboxylic acids is 1. The number of benzene rings is 1. The minimum Gasteiger partial charge on any atom is -0.484 e. The Labute approximate surface area is 167 Å². The molecule has 8 nitrogen and oxygen atoms in total. The van der Waals surface area contributed by atoms with E-state index in [4.69, 9.17) is 9.26 Å². The van der Waals surface area contributed by atoms with E-state index >= 15 is 0 Å². The van der Waals surface area contributed by atoms with Gasteiger partial charge in [0.1, 0.15) is 17.3 Å². The van der Waals surface area contributed by atoms with Gasteiger partial charge in [-0.05, 0) is 50.1 Å². The second-order valence-electron chi connectivity index (χ2n) is 6.91. The number of carbonyl (C=O) groups is 1. The molecule has 0 unspecified atom stereocenters. The van der Waals surface area contributed by atoms with Gasteiger partial charge in [0.2, 0.25) is 0 Å². The van der Waals surface area contributed by atoms with Crippen LogP contribution >= 0.6 is 0 Å². The second kappa shape index (κ2) is 8.42. The minimum atomic E-state index is -0.319. The molecule has 3 aromatic rings. The van der Waals surface area contributed by atoms with Crippen molar-refractivity contribution in [1.29, 1.82) is 0 Å². The first-order chi connectivity index (χ1) is 14.1. The van der Waals surface area contributed by atoms with Gasteiger partial charge in [-0.3, -0.25) is 9.48 Å². The molecule has 1 fully saturated rings. The fraction of sp³-hybridized carbons (Fsp3) is 0.400. The first-order valence-corrected chi connectivity index (χ1v) is 9.66. The third-order valence-electron chi connectivity index (χ3n) is 4.99. The lowest BCUT2D eigenvalue weighted by atomic mass is 9.96. The maximum absolute atomic E-state index is 12.9. The summed E-state index contributed by atoms with van der Waals surface area (Å²) in [5.74, 6) is 1.30. The van der Waals surface area contributed by atoms with Crippen LogP contribution in [-0.2, 0) is 13.2 Å². The van der Waals surface area contributed by atoms with Gasteiger partial charge in [0.25, 0.3) is 11.8 Å². The summed E-state index contributed by atoms with van der Waals surface area (Å²) >= 11 is 0. The summed E-state index contributed by atoms with van der Waals surface area (Å²) in [6.07, 6.45) is 3.34. The number of hydrogen-bond donors (Lipinski definition) is 0. The average Bonchev–Trinajstić information content (AvgIpc) is 3.43. The topological polar surface area (TPSA) is 86.3 Å². The predicted molar refractivity (Wildman–Crippen MR) is 101 cm³/mol. The van der Waals surface area contributed by atoms with Crippen molar-refractivity contribution in [2.75, 3.05) is 13.1 Å². The van der Waals surface area contributed by atoms with E-state index in [1.54, 1.807) is 22.9 Å². The SMILES string of the molecule is CCn1ccc(C(=O)N2CCC(c3noc(COc4ccc(F)cc4)n3)CC2)n1. The Morgan fingerprint density at radius 3 is 2.69 bits per heavy atom. The van der Waals surface area contributed by atoms with Crippen LogP contribution in [0.4, 0.5) is 4.39 Å². The number of ether oxygens (including phenoxy) is 1. The Kier molecular flexibility index (Phi) is 5.55. The molecule has 0 aliphatic carbocycles. The molecule has 0 saturated carbocycles. The molecule has 1 saturated heterocycles. The number of amides is 1. The van der Waals surface area contributed by atoms with Gasteiger partial charge in [-0.1, -0.05) is 5.16 Å². The number of hydrogen-bond acceptors (Lipinski definition) is 6. The maximum Gasteiger partial charge on any atom is 0.274 e. The number of likely N-dealkylation sites (tertiary alicyclic amines) is 1. The summed E-state index contributed by atoms with van der Waals surface area (Å²) in [6.45, 7) is 4.09. The van der Waals surface area contributed by atoms with Gasteiger partial charge in [-0.15, -0.1) is 0 Å². The average molecular weight is 399 g/mol. The smallest absolute Gasteiger partial charge is 0.274 e. The molecule has 0 radical (unpaired) electrons. The molecule has 0 spiro atoms. The van der Waals surface area contributed by atoms with Crippen molar-refractivity contribution >= 4 is 5.91 Å². The molecular weight excluding hydrogens is 377 g/mol. The van der Waals surface area contributed by atoms with Gasteiger partial charge in [-0.2, -0.15) is 10.1 Å². The van der Waals surface area contributed by atoms with Crippen LogP contribution in [0.3, 0.4) is 0 Å². The van der Waals surface area contributed by atoms with Crippen molar-refractivity contribution in [2.24, 2.45) is 0 Å². The summed E-state index contributed by atoms with van der Waals surface area (Å²) in [7, 11) is 0. The highest BCUT2D eigenvalue weighted by molar-refractivity contribution is 5.92. The zero-order valence-corrected chi connectivity index (χ0v) is 16.1. The van der Waals surface area contributed by atoms with E-state index in [-0.39, 0.29) is 24.2 Å². The number of aromatic nitrogens is 4. The quantitative estimate of drug-likeness (QED) is 0.633. The molecule has 4 rings (SSSR count). The van der Waals surface area contributed by atoms with Crippen LogP contribution in [0, 0.1) is 5.82 Å². The Morgan fingerprint density at radius 2 is 2.00 bits per heavy atom. The van der Waals surface area contributed by atoms with Crippen LogP contribution in [0.5, 0.6) is 5.75 Å². The first-order valence-electron chi connectivity index (χ1n) is 9.66. The molecule has 0 N–H and O–H groups in total. The summed E-state index contributed by atoms with van der Waals surface area (Å²) in [5.41, 5.74) is 0.477. The molecule has 2 aromatic heterocycles. The van der Waals surface area contributed by atoms with Crippen LogP contribution in [0.2, 0.25) is 0 Å². The van der Waals surface area contributed by atoms with Gasteiger partial charge in [-0.25, -0.2) is 4.39 Å². The molecule has 3 heterocycles. The van der Waals surface area contributed by atoms with Gasteiger partial charge >= 0.3 is 0 Å². The van der Waals surface area contributed by atoms with Crippen LogP contribution < -0.4 is 4.74 Å². The zero-order chi connectivity index (χ0) is 20.2. The number of nitrogens with zero attached hydrogens (tertiary/aromatic N) is 5. The van der Waals surface area contributed by atoms with E-state index in [1.807, 2.05) is 18.0 Å². The number of aryl methyl sites for hydroxylation is 1. The summed E-state index contributed by atoms with van der Waals surface area (Å²) < 4.78 is 25.5. The highest BCUT2D eigenvalue weighted by Gasteiger charge is 2.28. The Bertz CT molecular complexity index is 961. The molecule has 1 aliphatic rings. The van der Waals surface area contributed by atoms with E-state index in [0.29, 0.717) is 36.2 Å².